The normalized spacial score (nSPS) is 11.8. The first-order valence-corrected chi connectivity index (χ1v) is 9.90. The Morgan fingerprint density at radius 3 is 2.71 bits per heavy atom. The highest BCUT2D eigenvalue weighted by Gasteiger charge is 2.20. The van der Waals surface area contributed by atoms with E-state index >= 15 is 0 Å². The summed E-state index contributed by atoms with van der Waals surface area (Å²) in [6, 6.07) is 14.4. The number of amides is 1. The van der Waals surface area contributed by atoms with E-state index < -0.39 is 12.1 Å². The maximum absolute atomic E-state index is 12.6. The van der Waals surface area contributed by atoms with Gasteiger partial charge in [-0.1, -0.05) is 12.1 Å². The third kappa shape index (κ3) is 4.30. The second kappa shape index (κ2) is 8.39. The lowest BCUT2D eigenvalue weighted by Crippen LogP contribution is -2.30. The van der Waals surface area contributed by atoms with Crippen LogP contribution in [0, 0.1) is 13.8 Å². The number of carbonyl (C=O) groups is 2. The zero-order chi connectivity index (χ0) is 22.0. The number of H-pyrrole nitrogens is 1. The number of imidazole rings is 1. The summed E-state index contributed by atoms with van der Waals surface area (Å²) < 4.78 is 5.39. The highest BCUT2D eigenvalue weighted by Crippen LogP contribution is 2.22. The van der Waals surface area contributed by atoms with Crippen molar-refractivity contribution in [1.29, 1.82) is 0 Å². The van der Waals surface area contributed by atoms with E-state index in [2.05, 4.69) is 20.3 Å². The van der Waals surface area contributed by atoms with Gasteiger partial charge in [0.15, 0.2) is 6.10 Å². The number of benzene rings is 2. The van der Waals surface area contributed by atoms with Gasteiger partial charge in [-0.3, -0.25) is 9.78 Å². The Bertz CT molecular complexity index is 1260. The molecule has 0 radical (unpaired) electrons. The van der Waals surface area contributed by atoms with Crippen LogP contribution in [0.25, 0.3) is 22.4 Å². The average Bonchev–Trinajstić information content (AvgIpc) is 3.21. The van der Waals surface area contributed by atoms with Gasteiger partial charge in [0.1, 0.15) is 5.82 Å². The second-order valence-corrected chi connectivity index (χ2v) is 7.34. The van der Waals surface area contributed by atoms with Gasteiger partial charge in [0.25, 0.3) is 5.91 Å². The molecule has 0 aliphatic heterocycles. The molecule has 0 aliphatic carbocycles. The number of nitrogens with zero attached hydrogens (tertiary/aromatic N) is 2. The lowest BCUT2D eigenvalue weighted by Gasteiger charge is -2.15. The van der Waals surface area contributed by atoms with Crippen LogP contribution in [0.2, 0.25) is 0 Å². The zero-order valence-electron chi connectivity index (χ0n) is 17.5. The summed E-state index contributed by atoms with van der Waals surface area (Å²) in [6.45, 7) is 5.45. The first-order valence-electron chi connectivity index (χ1n) is 9.90. The maximum atomic E-state index is 12.6. The average molecular weight is 414 g/mol. The summed E-state index contributed by atoms with van der Waals surface area (Å²) in [6.07, 6.45) is 2.46. The molecular formula is C24H22N4O3. The molecule has 2 aromatic heterocycles. The molecule has 2 aromatic carbocycles. The Morgan fingerprint density at radius 2 is 1.94 bits per heavy atom. The van der Waals surface area contributed by atoms with Gasteiger partial charge in [0.05, 0.1) is 16.6 Å². The van der Waals surface area contributed by atoms with Gasteiger partial charge in [-0.2, -0.15) is 0 Å². The molecule has 1 atom stereocenters. The minimum atomic E-state index is -0.948. The van der Waals surface area contributed by atoms with Crippen LogP contribution >= 0.6 is 0 Å². The van der Waals surface area contributed by atoms with Crippen LogP contribution in [0.15, 0.2) is 60.9 Å². The minimum absolute atomic E-state index is 0.334. The van der Waals surface area contributed by atoms with Crippen LogP contribution in [-0.2, 0) is 9.53 Å². The van der Waals surface area contributed by atoms with E-state index in [4.69, 9.17) is 4.74 Å². The number of pyridine rings is 1. The Kier molecular flexibility index (Phi) is 5.49. The Hall–Kier alpha value is -4.00. The third-order valence-electron chi connectivity index (χ3n) is 5.17. The van der Waals surface area contributed by atoms with Crippen LogP contribution < -0.4 is 5.32 Å². The molecule has 0 saturated heterocycles. The molecule has 0 spiro atoms. The number of nitrogens with one attached hydrogen (secondary N) is 2. The molecule has 156 valence electrons. The standard InChI is InChI=1S/C24H22N4O3/c1-14-6-4-8-19(15(14)2)28-23(29)16(3)31-24(30)17-9-10-20-21(12-17)27-22(26-20)18-7-5-11-25-13-18/h4-13,16H,1-3H3,(H,26,27)(H,28,29). The van der Waals surface area contributed by atoms with E-state index in [1.165, 1.54) is 0 Å². The number of rotatable bonds is 5. The van der Waals surface area contributed by atoms with Gasteiger partial charge in [0, 0.05) is 23.6 Å². The van der Waals surface area contributed by atoms with Crippen molar-refractivity contribution in [3.8, 4) is 11.4 Å². The van der Waals surface area contributed by atoms with Crippen molar-refractivity contribution < 1.29 is 14.3 Å². The van der Waals surface area contributed by atoms with Gasteiger partial charge in [0.2, 0.25) is 0 Å². The van der Waals surface area contributed by atoms with E-state index in [0.717, 1.165) is 22.2 Å². The summed E-state index contributed by atoms with van der Waals surface area (Å²) in [5.41, 5.74) is 5.34. The zero-order valence-corrected chi connectivity index (χ0v) is 17.5. The second-order valence-electron chi connectivity index (χ2n) is 7.34. The number of hydrogen-bond acceptors (Lipinski definition) is 5. The molecule has 0 saturated carbocycles. The maximum Gasteiger partial charge on any atom is 0.338 e. The van der Waals surface area contributed by atoms with Gasteiger partial charge in [-0.05, 0) is 68.3 Å². The van der Waals surface area contributed by atoms with E-state index in [9.17, 15) is 9.59 Å². The molecule has 0 aliphatic rings. The molecule has 7 heteroatoms. The number of aromatic nitrogens is 3. The summed E-state index contributed by atoms with van der Waals surface area (Å²) in [5.74, 6) is -0.304. The molecule has 1 amide bonds. The van der Waals surface area contributed by atoms with Crippen LogP contribution in [0.4, 0.5) is 5.69 Å². The van der Waals surface area contributed by atoms with Crippen LogP contribution in [-0.4, -0.2) is 32.9 Å². The van der Waals surface area contributed by atoms with Crippen molar-refractivity contribution in [3.63, 3.8) is 0 Å². The largest absolute Gasteiger partial charge is 0.449 e. The summed E-state index contributed by atoms with van der Waals surface area (Å²) in [5, 5.41) is 2.82. The first kappa shape index (κ1) is 20.3. The minimum Gasteiger partial charge on any atom is -0.449 e. The van der Waals surface area contributed by atoms with Crippen molar-refractivity contribution >= 4 is 28.6 Å². The summed E-state index contributed by atoms with van der Waals surface area (Å²) in [7, 11) is 0. The fourth-order valence-corrected chi connectivity index (χ4v) is 3.18. The number of esters is 1. The van der Waals surface area contributed by atoms with Gasteiger partial charge in [-0.15, -0.1) is 0 Å². The van der Waals surface area contributed by atoms with Crippen molar-refractivity contribution in [2.75, 3.05) is 5.32 Å². The topological polar surface area (TPSA) is 97.0 Å². The summed E-state index contributed by atoms with van der Waals surface area (Å²) >= 11 is 0. The Balaban J connectivity index is 1.47. The molecule has 31 heavy (non-hydrogen) atoms. The number of anilines is 1. The van der Waals surface area contributed by atoms with E-state index in [-0.39, 0.29) is 5.91 Å². The number of carbonyl (C=O) groups excluding carboxylic acids is 2. The molecule has 4 rings (SSSR count). The van der Waals surface area contributed by atoms with Crippen molar-refractivity contribution in [3.05, 3.63) is 77.6 Å². The molecule has 2 heterocycles. The van der Waals surface area contributed by atoms with Crippen molar-refractivity contribution in [2.24, 2.45) is 0 Å². The lowest BCUT2D eigenvalue weighted by atomic mass is 10.1. The van der Waals surface area contributed by atoms with E-state index in [0.29, 0.717) is 22.6 Å². The van der Waals surface area contributed by atoms with Crippen LogP contribution in [0.5, 0.6) is 0 Å². The summed E-state index contributed by atoms with van der Waals surface area (Å²) in [4.78, 5) is 36.9. The Labute approximate surface area is 179 Å². The number of ether oxygens (including phenoxy) is 1. The monoisotopic (exact) mass is 414 g/mol. The third-order valence-corrected chi connectivity index (χ3v) is 5.17. The predicted octanol–water partition coefficient (Wildman–Crippen LogP) is 4.43. The quantitative estimate of drug-likeness (QED) is 0.471. The molecule has 4 aromatic rings. The number of aromatic amines is 1. The number of hydrogen-bond donors (Lipinski definition) is 2. The molecular weight excluding hydrogens is 392 g/mol. The fourth-order valence-electron chi connectivity index (χ4n) is 3.18. The van der Waals surface area contributed by atoms with Crippen molar-refractivity contribution in [2.45, 2.75) is 26.9 Å². The van der Waals surface area contributed by atoms with E-state index in [1.54, 1.807) is 37.5 Å². The fraction of sp³-hybridized carbons (Fsp3) is 0.167. The van der Waals surface area contributed by atoms with Gasteiger partial charge >= 0.3 is 5.97 Å². The molecule has 1 unspecified atom stereocenters. The number of aryl methyl sites for hydroxylation is 1. The smallest absolute Gasteiger partial charge is 0.338 e. The first-order chi connectivity index (χ1) is 14.9. The van der Waals surface area contributed by atoms with Crippen LogP contribution in [0.1, 0.15) is 28.4 Å². The highest BCUT2D eigenvalue weighted by atomic mass is 16.5. The van der Waals surface area contributed by atoms with Crippen LogP contribution in [0.3, 0.4) is 0 Å². The SMILES string of the molecule is Cc1cccc(NC(=O)C(C)OC(=O)c2ccc3nc(-c4cccnc4)[nH]c3c2)c1C. The van der Waals surface area contributed by atoms with Gasteiger partial charge in [-0.25, -0.2) is 9.78 Å². The molecule has 2 N–H and O–H groups in total. The molecule has 7 nitrogen and oxygen atoms in total. The Morgan fingerprint density at radius 1 is 1.10 bits per heavy atom. The van der Waals surface area contributed by atoms with Crippen molar-refractivity contribution in [1.82, 2.24) is 15.0 Å². The molecule has 0 bridgehead atoms. The lowest BCUT2D eigenvalue weighted by molar-refractivity contribution is -0.123. The van der Waals surface area contributed by atoms with E-state index in [1.807, 2.05) is 44.2 Å². The predicted molar refractivity (Wildman–Crippen MR) is 119 cm³/mol. The number of fused-ring (bicyclic) bond motifs is 1. The van der Waals surface area contributed by atoms with Gasteiger partial charge < -0.3 is 15.0 Å². The highest BCUT2D eigenvalue weighted by molar-refractivity contribution is 5.99. The molecule has 0 fully saturated rings.